The van der Waals surface area contributed by atoms with E-state index in [0.717, 1.165) is 28.6 Å². The van der Waals surface area contributed by atoms with Crippen LogP contribution in [-0.2, 0) is 11.3 Å². The van der Waals surface area contributed by atoms with Gasteiger partial charge in [-0.05, 0) is 30.2 Å². The Hall–Kier alpha value is -1.00. The Bertz CT molecular complexity index is 491. The Morgan fingerprint density at radius 1 is 1.50 bits per heavy atom. The van der Waals surface area contributed by atoms with E-state index in [0.29, 0.717) is 13.1 Å². The minimum absolute atomic E-state index is 0.0418. The van der Waals surface area contributed by atoms with Crippen molar-refractivity contribution in [3.63, 3.8) is 0 Å². The number of amides is 1. The molecule has 1 aromatic rings. The summed E-state index contributed by atoms with van der Waals surface area (Å²) < 4.78 is 6.15. The van der Waals surface area contributed by atoms with E-state index in [-0.39, 0.29) is 10.9 Å². The van der Waals surface area contributed by atoms with Crippen molar-refractivity contribution in [3.05, 3.63) is 39.8 Å². The van der Waals surface area contributed by atoms with Gasteiger partial charge in [-0.1, -0.05) is 47.5 Å². The fraction of sp³-hybridized carbons (Fsp3) is 0.400. The minimum Gasteiger partial charge on any atom is -0.497 e. The smallest absolute Gasteiger partial charge is 0.265 e. The first-order chi connectivity index (χ1) is 9.49. The highest BCUT2D eigenvalue weighted by molar-refractivity contribution is 9.10. The van der Waals surface area contributed by atoms with E-state index in [9.17, 15) is 4.79 Å². The number of rotatable bonds is 7. The second kappa shape index (κ2) is 8.32. The summed E-state index contributed by atoms with van der Waals surface area (Å²) >= 11 is 9.24. The molecule has 0 spiro atoms. The molecule has 0 radical (unpaired) electrons. The third-order valence-electron chi connectivity index (χ3n) is 2.91. The maximum atomic E-state index is 12.1. The molecule has 0 heterocycles. The van der Waals surface area contributed by atoms with Gasteiger partial charge in [-0.25, -0.2) is 0 Å². The van der Waals surface area contributed by atoms with Crippen LogP contribution < -0.4 is 4.74 Å². The van der Waals surface area contributed by atoms with Gasteiger partial charge in [0.2, 0.25) is 0 Å². The van der Waals surface area contributed by atoms with E-state index in [4.69, 9.17) is 16.3 Å². The van der Waals surface area contributed by atoms with Crippen LogP contribution in [-0.4, -0.2) is 24.5 Å². The third-order valence-corrected chi connectivity index (χ3v) is 3.85. The summed E-state index contributed by atoms with van der Waals surface area (Å²) in [5.74, 6) is 0.533. The molecule has 0 aliphatic rings. The number of carbonyl (C=O) groups excluding carboxylic acids is 1. The molecule has 20 heavy (non-hydrogen) atoms. The van der Waals surface area contributed by atoms with E-state index < -0.39 is 0 Å². The molecule has 0 atom stereocenters. The van der Waals surface area contributed by atoms with Crippen LogP contribution in [0.15, 0.2) is 34.3 Å². The molecule has 0 N–H and O–H groups in total. The summed E-state index contributed by atoms with van der Waals surface area (Å²) in [6, 6.07) is 5.69. The van der Waals surface area contributed by atoms with Crippen LogP contribution in [0, 0.1) is 0 Å². The van der Waals surface area contributed by atoms with E-state index in [1.54, 1.807) is 12.0 Å². The second-order valence-corrected chi connectivity index (χ2v) is 5.75. The number of benzene rings is 1. The Labute approximate surface area is 133 Å². The second-order valence-electron chi connectivity index (χ2n) is 4.44. The van der Waals surface area contributed by atoms with E-state index in [1.807, 2.05) is 18.2 Å². The summed E-state index contributed by atoms with van der Waals surface area (Å²) in [7, 11) is 1.62. The maximum Gasteiger partial charge on any atom is 0.265 e. The van der Waals surface area contributed by atoms with Crippen molar-refractivity contribution in [1.82, 2.24) is 4.90 Å². The lowest BCUT2D eigenvalue weighted by molar-refractivity contribution is -0.127. The van der Waals surface area contributed by atoms with Crippen LogP contribution in [0.3, 0.4) is 0 Å². The molecular formula is C15H19BrClNO2. The van der Waals surface area contributed by atoms with E-state index in [2.05, 4.69) is 29.4 Å². The summed E-state index contributed by atoms with van der Waals surface area (Å²) in [5.41, 5.74) is 0.978. The minimum atomic E-state index is -0.227. The average Bonchev–Trinajstić information content (AvgIpc) is 2.44. The van der Waals surface area contributed by atoms with E-state index in [1.165, 1.54) is 0 Å². The van der Waals surface area contributed by atoms with Gasteiger partial charge in [-0.15, -0.1) is 0 Å². The summed E-state index contributed by atoms with van der Waals surface area (Å²) in [4.78, 5) is 13.8. The summed E-state index contributed by atoms with van der Waals surface area (Å²) in [6.45, 7) is 6.73. The van der Waals surface area contributed by atoms with Crippen LogP contribution in [0.5, 0.6) is 5.75 Å². The van der Waals surface area contributed by atoms with Gasteiger partial charge in [0.05, 0.1) is 12.1 Å². The Morgan fingerprint density at radius 3 is 2.75 bits per heavy atom. The highest BCUT2D eigenvalue weighted by Gasteiger charge is 2.17. The van der Waals surface area contributed by atoms with Gasteiger partial charge >= 0.3 is 0 Å². The fourth-order valence-corrected chi connectivity index (χ4v) is 2.27. The SMILES string of the molecule is C=C(Cl)C(=O)N(CCCC)Cc1cc(OC)ccc1Br. The molecule has 1 aromatic carbocycles. The molecule has 0 bridgehead atoms. The lowest BCUT2D eigenvalue weighted by atomic mass is 10.2. The molecule has 110 valence electrons. The van der Waals surface area contributed by atoms with Gasteiger partial charge in [0.25, 0.3) is 5.91 Å². The number of unbranched alkanes of at least 4 members (excludes halogenated alkanes) is 1. The molecule has 0 saturated carbocycles. The zero-order valence-electron chi connectivity index (χ0n) is 11.8. The fourth-order valence-electron chi connectivity index (χ4n) is 1.78. The van der Waals surface area contributed by atoms with Crippen LogP contribution in [0.1, 0.15) is 25.3 Å². The molecule has 3 nitrogen and oxygen atoms in total. The largest absolute Gasteiger partial charge is 0.497 e. The van der Waals surface area contributed by atoms with Gasteiger partial charge in [-0.3, -0.25) is 4.79 Å². The number of carbonyl (C=O) groups is 1. The number of hydrogen-bond donors (Lipinski definition) is 0. The zero-order valence-corrected chi connectivity index (χ0v) is 14.1. The topological polar surface area (TPSA) is 29.5 Å². The lowest BCUT2D eigenvalue weighted by Crippen LogP contribution is -2.31. The Kier molecular flexibility index (Phi) is 7.10. The van der Waals surface area contributed by atoms with Gasteiger partial charge in [-0.2, -0.15) is 0 Å². The highest BCUT2D eigenvalue weighted by Crippen LogP contribution is 2.24. The molecule has 0 unspecified atom stereocenters. The Morgan fingerprint density at radius 2 is 2.20 bits per heavy atom. The first kappa shape index (κ1) is 17.1. The van der Waals surface area contributed by atoms with Gasteiger partial charge in [0, 0.05) is 17.6 Å². The van der Waals surface area contributed by atoms with Crippen molar-refractivity contribution in [1.29, 1.82) is 0 Å². The zero-order chi connectivity index (χ0) is 15.1. The van der Waals surface area contributed by atoms with Crippen molar-refractivity contribution < 1.29 is 9.53 Å². The van der Waals surface area contributed by atoms with Crippen molar-refractivity contribution in [2.75, 3.05) is 13.7 Å². The molecule has 0 fully saturated rings. The maximum absolute atomic E-state index is 12.1. The normalized spacial score (nSPS) is 10.2. The standard InChI is InChI=1S/C15H19BrClNO2/c1-4-5-8-18(15(19)11(2)17)10-12-9-13(20-3)6-7-14(12)16/h6-7,9H,2,4-5,8,10H2,1,3H3. The van der Waals surface area contributed by atoms with Crippen LogP contribution in [0.2, 0.25) is 0 Å². The van der Waals surface area contributed by atoms with Crippen molar-refractivity contribution in [2.24, 2.45) is 0 Å². The number of halogens is 2. The first-order valence-corrected chi connectivity index (χ1v) is 7.62. The lowest BCUT2D eigenvalue weighted by Gasteiger charge is -2.23. The van der Waals surface area contributed by atoms with Crippen molar-refractivity contribution in [3.8, 4) is 5.75 Å². The molecule has 0 saturated heterocycles. The van der Waals surface area contributed by atoms with Crippen molar-refractivity contribution in [2.45, 2.75) is 26.3 Å². The molecule has 0 aliphatic heterocycles. The molecule has 0 aromatic heterocycles. The predicted molar refractivity (Wildman–Crippen MR) is 86.0 cm³/mol. The quantitative estimate of drug-likeness (QED) is 0.677. The number of hydrogen-bond acceptors (Lipinski definition) is 2. The molecular weight excluding hydrogens is 342 g/mol. The summed E-state index contributed by atoms with van der Waals surface area (Å²) in [5, 5.41) is 0.0418. The Balaban J connectivity index is 2.93. The molecule has 1 amide bonds. The van der Waals surface area contributed by atoms with Gasteiger partial charge < -0.3 is 9.64 Å². The highest BCUT2D eigenvalue weighted by atomic mass is 79.9. The van der Waals surface area contributed by atoms with Crippen LogP contribution >= 0.6 is 27.5 Å². The summed E-state index contributed by atoms with van der Waals surface area (Å²) in [6.07, 6.45) is 1.94. The van der Waals surface area contributed by atoms with Crippen molar-refractivity contribution >= 4 is 33.4 Å². The first-order valence-electron chi connectivity index (χ1n) is 6.45. The monoisotopic (exact) mass is 359 g/mol. The number of ether oxygens (including phenoxy) is 1. The van der Waals surface area contributed by atoms with Gasteiger partial charge in [0.1, 0.15) is 5.75 Å². The molecule has 1 rings (SSSR count). The third kappa shape index (κ3) is 4.84. The predicted octanol–water partition coefficient (Wildman–Crippen LogP) is 4.34. The van der Waals surface area contributed by atoms with Crippen LogP contribution in [0.25, 0.3) is 0 Å². The van der Waals surface area contributed by atoms with Gasteiger partial charge in [0.15, 0.2) is 0 Å². The van der Waals surface area contributed by atoms with E-state index >= 15 is 0 Å². The molecule has 5 heteroatoms. The average molecular weight is 361 g/mol. The molecule has 0 aliphatic carbocycles. The number of nitrogens with zero attached hydrogens (tertiary/aromatic N) is 1. The number of methoxy groups -OCH3 is 1. The van der Waals surface area contributed by atoms with Crippen LogP contribution in [0.4, 0.5) is 0 Å².